The summed E-state index contributed by atoms with van der Waals surface area (Å²) in [7, 11) is 3.20. The van der Waals surface area contributed by atoms with E-state index in [0.717, 1.165) is 24.8 Å². The number of hydrogen-bond acceptors (Lipinski definition) is 5. The fourth-order valence-electron chi connectivity index (χ4n) is 4.44. The van der Waals surface area contributed by atoms with Gasteiger partial charge in [0.05, 0.1) is 19.8 Å². The largest absolute Gasteiger partial charge is 0.497 e. The Labute approximate surface area is 161 Å². The predicted molar refractivity (Wildman–Crippen MR) is 102 cm³/mol. The zero-order chi connectivity index (χ0) is 19.8. The second-order valence-electron chi connectivity index (χ2n) is 8.63. The quantitative estimate of drug-likeness (QED) is 0.867. The van der Waals surface area contributed by atoms with Crippen molar-refractivity contribution in [3.63, 3.8) is 0 Å². The van der Waals surface area contributed by atoms with Gasteiger partial charge in [-0.3, -0.25) is 0 Å². The van der Waals surface area contributed by atoms with Gasteiger partial charge in [-0.15, -0.1) is 0 Å². The third-order valence-corrected chi connectivity index (χ3v) is 5.52. The van der Waals surface area contributed by atoms with Crippen molar-refractivity contribution in [2.75, 3.05) is 14.2 Å². The molecule has 2 atom stereocenters. The average Bonchev–Trinajstić information content (AvgIpc) is 2.58. The van der Waals surface area contributed by atoms with E-state index in [4.69, 9.17) is 14.2 Å². The highest BCUT2D eigenvalue weighted by atomic mass is 16.6. The maximum Gasteiger partial charge on any atom is 0.410 e. The van der Waals surface area contributed by atoms with Crippen LogP contribution in [0.1, 0.15) is 58.4 Å². The van der Waals surface area contributed by atoms with Crippen molar-refractivity contribution in [3.8, 4) is 11.5 Å². The normalized spacial score (nSPS) is 27.9. The molecule has 2 aliphatic rings. The number of rotatable bonds is 3. The summed E-state index contributed by atoms with van der Waals surface area (Å²) < 4.78 is 16.4. The number of piperidine rings is 2. The highest BCUT2D eigenvalue weighted by Gasteiger charge is 2.50. The molecule has 3 rings (SSSR count). The molecular weight excluding hydrogens is 346 g/mol. The summed E-state index contributed by atoms with van der Waals surface area (Å²) in [5.41, 5.74) is -0.809. The zero-order valence-electron chi connectivity index (χ0n) is 16.9. The van der Waals surface area contributed by atoms with Crippen LogP contribution in [0.5, 0.6) is 11.5 Å². The lowest BCUT2D eigenvalue weighted by atomic mass is 9.72. The lowest BCUT2D eigenvalue weighted by Crippen LogP contribution is -2.59. The predicted octanol–water partition coefficient (Wildman–Crippen LogP) is 3.84. The Hall–Kier alpha value is -1.95. The summed E-state index contributed by atoms with van der Waals surface area (Å²) in [6.07, 6.45) is 3.48. The Kier molecular flexibility index (Phi) is 5.30. The summed E-state index contributed by atoms with van der Waals surface area (Å²) in [4.78, 5) is 14.6. The molecule has 1 N–H and O–H groups in total. The molecule has 0 spiro atoms. The smallest absolute Gasteiger partial charge is 0.410 e. The summed E-state index contributed by atoms with van der Waals surface area (Å²) in [6.45, 7) is 5.63. The Morgan fingerprint density at radius 3 is 2.30 bits per heavy atom. The van der Waals surface area contributed by atoms with Crippen LogP contribution in [0.4, 0.5) is 4.79 Å². The number of carbonyl (C=O) groups excluding carboxylic acids is 1. The van der Waals surface area contributed by atoms with Gasteiger partial charge in [0.2, 0.25) is 0 Å². The lowest BCUT2D eigenvalue weighted by molar-refractivity contribution is -0.0972. The first kappa shape index (κ1) is 19.8. The SMILES string of the molecule is COc1ccc(C2(O)CC3CCCC(C2)N3C(=O)OC(C)(C)C)c(OC)c1. The van der Waals surface area contributed by atoms with Gasteiger partial charge in [-0.25, -0.2) is 4.79 Å². The summed E-state index contributed by atoms with van der Waals surface area (Å²) in [5.74, 6) is 1.30. The van der Waals surface area contributed by atoms with Gasteiger partial charge in [-0.1, -0.05) is 0 Å². The summed E-state index contributed by atoms with van der Waals surface area (Å²) in [6, 6.07) is 5.43. The molecular formula is C21H31NO5. The second-order valence-corrected chi connectivity index (χ2v) is 8.63. The van der Waals surface area contributed by atoms with Crippen molar-refractivity contribution in [2.45, 2.75) is 76.2 Å². The maximum atomic E-state index is 12.8. The van der Waals surface area contributed by atoms with Crippen LogP contribution in [0.2, 0.25) is 0 Å². The Bertz CT molecular complexity index is 682. The van der Waals surface area contributed by atoms with Crippen LogP contribution in [0.3, 0.4) is 0 Å². The third-order valence-electron chi connectivity index (χ3n) is 5.52. The van der Waals surface area contributed by atoms with Crippen molar-refractivity contribution >= 4 is 6.09 Å². The van der Waals surface area contributed by atoms with Crippen LogP contribution in [-0.4, -0.2) is 48.0 Å². The van der Waals surface area contributed by atoms with Gasteiger partial charge in [-0.2, -0.15) is 0 Å². The number of nitrogens with zero attached hydrogens (tertiary/aromatic N) is 1. The molecule has 0 radical (unpaired) electrons. The minimum atomic E-state index is -1.04. The number of hydrogen-bond donors (Lipinski definition) is 1. The average molecular weight is 377 g/mol. The van der Waals surface area contributed by atoms with Gasteiger partial charge in [0.25, 0.3) is 0 Å². The minimum absolute atomic E-state index is 0.0378. The van der Waals surface area contributed by atoms with Gasteiger partial charge in [0, 0.05) is 36.6 Å². The molecule has 6 nitrogen and oxygen atoms in total. The van der Waals surface area contributed by atoms with Crippen LogP contribution >= 0.6 is 0 Å². The molecule has 1 aromatic carbocycles. The highest BCUT2D eigenvalue weighted by molar-refractivity contribution is 5.69. The van der Waals surface area contributed by atoms with E-state index in [1.807, 2.05) is 37.8 Å². The number of methoxy groups -OCH3 is 2. The van der Waals surface area contributed by atoms with E-state index in [1.165, 1.54) is 0 Å². The number of aliphatic hydroxyl groups is 1. The molecule has 1 aromatic rings. The summed E-state index contributed by atoms with van der Waals surface area (Å²) in [5, 5.41) is 11.6. The van der Waals surface area contributed by atoms with Crippen molar-refractivity contribution in [1.29, 1.82) is 0 Å². The molecule has 2 aliphatic heterocycles. The van der Waals surface area contributed by atoms with Crippen molar-refractivity contribution in [1.82, 2.24) is 4.90 Å². The zero-order valence-corrected chi connectivity index (χ0v) is 16.9. The van der Waals surface area contributed by atoms with Gasteiger partial charge >= 0.3 is 6.09 Å². The molecule has 2 saturated heterocycles. The molecule has 0 saturated carbocycles. The highest BCUT2D eigenvalue weighted by Crippen LogP contribution is 2.47. The van der Waals surface area contributed by atoms with E-state index < -0.39 is 11.2 Å². The Balaban J connectivity index is 1.88. The molecule has 0 aromatic heterocycles. The lowest BCUT2D eigenvalue weighted by Gasteiger charge is -2.52. The first-order chi connectivity index (χ1) is 12.7. The topological polar surface area (TPSA) is 68.2 Å². The van der Waals surface area contributed by atoms with E-state index in [1.54, 1.807) is 20.3 Å². The van der Waals surface area contributed by atoms with Gasteiger partial charge in [0.1, 0.15) is 17.1 Å². The molecule has 2 bridgehead atoms. The van der Waals surface area contributed by atoms with E-state index in [2.05, 4.69) is 0 Å². The number of carbonyl (C=O) groups is 1. The van der Waals surface area contributed by atoms with Gasteiger partial charge < -0.3 is 24.2 Å². The van der Waals surface area contributed by atoms with E-state index in [-0.39, 0.29) is 18.2 Å². The molecule has 1 amide bonds. The van der Waals surface area contributed by atoms with Crippen LogP contribution in [-0.2, 0) is 10.3 Å². The van der Waals surface area contributed by atoms with Crippen LogP contribution in [0.25, 0.3) is 0 Å². The molecule has 2 fully saturated rings. The molecule has 2 heterocycles. The number of ether oxygens (including phenoxy) is 3. The monoisotopic (exact) mass is 377 g/mol. The Morgan fingerprint density at radius 1 is 1.15 bits per heavy atom. The number of fused-ring (bicyclic) bond motifs is 2. The van der Waals surface area contributed by atoms with Crippen LogP contribution < -0.4 is 9.47 Å². The van der Waals surface area contributed by atoms with Crippen molar-refractivity contribution in [2.24, 2.45) is 0 Å². The van der Waals surface area contributed by atoms with E-state index in [0.29, 0.717) is 24.3 Å². The summed E-state index contributed by atoms with van der Waals surface area (Å²) >= 11 is 0. The van der Waals surface area contributed by atoms with Crippen LogP contribution in [0, 0.1) is 0 Å². The molecule has 2 unspecified atom stereocenters. The fourth-order valence-corrected chi connectivity index (χ4v) is 4.44. The van der Waals surface area contributed by atoms with Crippen molar-refractivity contribution in [3.05, 3.63) is 23.8 Å². The molecule has 27 heavy (non-hydrogen) atoms. The Morgan fingerprint density at radius 2 is 1.78 bits per heavy atom. The minimum Gasteiger partial charge on any atom is -0.497 e. The first-order valence-electron chi connectivity index (χ1n) is 9.63. The standard InChI is InChI=1S/C21H31NO5/c1-20(2,3)27-19(23)22-14-7-6-8-15(22)13-21(24,12-14)17-10-9-16(25-4)11-18(17)26-5/h9-11,14-15,24H,6-8,12-13H2,1-5H3. The number of amides is 1. The first-order valence-corrected chi connectivity index (χ1v) is 9.63. The maximum absolute atomic E-state index is 12.8. The molecule has 150 valence electrons. The third kappa shape index (κ3) is 4.00. The van der Waals surface area contributed by atoms with Crippen LogP contribution in [0.15, 0.2) is 18.2 Å². The van der Waals surface area contributed by atoms with E-state index in [9.17, 15) is 9.90 Å². The van der Waals surface area contributed by atoms with Gasteiger partial charge in [-0.05, 0) is 52.2 Å². The van der Waals surface area contributed by atoms with Crippen molar-refractivity contribution < 1.29 is 24.1 Å². The molecule has 0 aliphatic carbocycles. The fraction of sp³-hybridized carbons (Fsp3) is 0.667. The number of benzene rings is 1. The van der Waals surface area contributed by atoms with Gasteiger partial charge in [0.15, 0.2) is 0 Å². The van der Waals surface area contributed by atoms with E-state index >= 15 is 0 Å². The molecule has 6 heteroatoms. The second kappa shape index (κ2) is 7.23.